The maximum Gasteiger partial charge on any atom is 0.325 e. The summed E-state index contributed by atoms with van der Waals surface area (Å²) in [5.41, 5.74) is 5.27. The Labute approximate surface area is 116 Å². The molecule has 0 bridgehead atoms. The smallest absolute Gasteiger partial charge is 0.325 e. The Morgan fingerprint density at radius 3 is 2.60 bits per heavy atom. The highest BCUT2D eigenvalue weighted by Gasteiger charge is 2.42. The Morgan fingerprint density at radius 1 is 1.40 bits per heavy atom. The van der Waals surface area contributed by atoms with Gasteiger partial charge < -0.3 is 15.6 Å². The van der Waals surface area contributed by atoms with Crippen molar-refractivity contribution < 1.29 is 19.4 Å². The van der Waals surface area contributed by atoms with Gasteiger partial charge in [-0.25, -0.2) is 0 Å². The van der Waals surface area contributed by atoms with E-state index in [2.05, 4.69) is 4.74 Å². The standard InChI is InChI=1S/C14H16N2O4/c1-20-13(18)9-16-12(17)6-7-14(16,19)11-4-2-10(8-15)3-5-11/h2-7,19H,8-9,15H2,1H3. The van der Waals surface area contributed by atoms with Crippen LogP contribution in [-0.4, -0.2) is 35.5 Å². The van der Waals surface area contributed by atoms with Crippen molar-refractivity contribution in [3.63, 3.8) is 0 Å². The maximum absolute atomic E-state index is 11.8. The Kier molecular flexibility index (Phi) is 3.87. The van der Waals surface area contributed by atoms with E-state index in [1.807, 2.05) is 0 Å². The molecule has 3 N–H and O–H groups in total. The number of hydrogen-bond donors (Lipinski definition) is 2. The van der Waals surface area contributed by atoms with Crippen LogP contribution in [0.5, 0.6) is 0 Å². The average molecular weight is 276 g/mol. The Hall–Kier alpha value is -2.18. The summed E-state index contributed by atoms with van der Waals surface area (Å²) in [4.78, 5) is 24.2. The molecule has 0 spiro atoms. The summed E-state index contributed by atoms with van der Waals surface area (Å²) in [7, 11) is 1.23. The molecular weight excluding hydrogens is 260 g/mol. The molecule has 0 saturated heterocycles. The number of aliphatic hydroxyl groups is 1. The minimum absolute atomic E-state index is 0.322. The van der Waals surface area contributed by atoms with Gasteiger partial charge in [0, 0.05) is 18.2 Å². The van der Waals surface area contributed by atoms with Crippen LogP contribution in [-0.2, 0) is 26.6 Å². The molecule has 1 atom stereocenters. The van der Waals surface area contributed by atoms with Crippen LogP contribution in [0.4, 0.5) is 0 Å². The van der Waals surface area contributed by atoms with Crippen molar-refractivity contribution in [1.29, 1.82) is 0 Å². The van der Waals surface area contributed by atoms with Crippen LogP contribution in [0.15, 0.2) is 36.4 Å². The summed E-state index contributed by atoms with van der Waals surface area (Å²) in [6, 6.07) is 6.88. The molecule has 0 aromatic heterocycles. The number of nitrogens with two attached hydrogens (primary N) is 1. The highest BCUT2D eigenvalue weighted by molar-refractivity contribution is 5.93. The predicted octanol–water partition coefficient (Wildman–Crippen LogP) is -0.138. The molecule has 1 heterocycles. The zero-order chi connectivity index (χ0) is 14.8. The first-order valence-corrected chi connectivity index (χ1v) is 6.11. The number of methoxy groups -OCH3 is 1. The fourth-order valence-corrected chi connectivity index (χ4v) is 2.07. The fraction of sp³-hybridized carbons (Fsp3) is 0.286. The molecule has 0 saturated carbocycles. The number of carbonyl (C=O) groups is 2. The number of nitrogens with zero attached hydrogens (tertiary/aromatic N) is 1. The van der Waals surface area contributed by atoms with Gasteiger partial charge in [0.1, 0.15) is 6.54 Å². The van der Waals surface area contributed by atoms with Crippen molar-refractivity contribution in [2.75, 3.05) is 13.7 Å². The van der Waals surface area contributed by atoms with E-state index in [0.29, 0.717) is 12.1 Å². The van der Waals surface area contributed by atoms with Gasteiger partial charge in [-0.1, -0.05) is 24.3 Å². The lowest BCUT2D eigenvalue weighted by molar-refractivity contribution is -0.157. The summed E-state index contributed by atoms with van der Waals surface area (Å²) in [5, 5.41) is 10.7. The van der Waals surface area contributed by atoms with E-state index in [1.165, 1.54) is 19.3 Å². The molecule has 6 nitrogen and oxygen atoms in total. The summed E-state index contributed by atoms with van der Waals surface area (Å²) in [6.45, 7) is 0.0663. The third kappa shape index (κ3) is 2.43. The highest BCUT2D eigenvalue weighted by atomic mass is 16.5. The topological polar surface area (TPSA) is 92.9 Å². The van der Waals surface area contributed by atoms with Crippen LogP contribution in [0.3, 0.4) is 0 Å². The normalized spacial score (nSPS) is 21.4. The molecule has 1 aliphatic rings. The van der Waals surface area contributed by atoms with Crippen LogP contribution < -0.4 is 5.73 Å². The number of carbonyl (C=O) groups excluding carboxylic acids is 2. The molecule has 1 aromatic carbocycles. The van der Waals surface area contributed by atoms with Gasteiger partial charge in [0.15, 0.2) is 5.72 Å². The second kappa shape index (κ2) is 5.44. The van der Waals surface area contributed by atoms with E-state index in [0.717, 1.165) is 10.5 Å². The summed E-state index contributed by atoms with van der Waals surface area (Å²) in [6.07, 6.45) is 2.59. The Bertz CT molecular complexity index is 553. The minimum atomic E-state index is -1.64. The van der Waals surface area contributed by atoms with E-state index in [1.54, 1.807) is 24.3 Å². The lowest BCUT2D eigenvalue weighted by Crippen LogP contribution is -2.46. The number of benzene rings is 1. The fourth-order valence-electron chi connectivity index (χ4n) is 2.07. The number of amides is 1. The second-order valence-electron chi connectivity index (χ2n) is 4.46. The molecule has 6 heteroatoms. The SMILES string of the molecule is COC(=O)CN1C(=O)C=CC1(O)c1ccc(CN)cc1. The van der Waals surface area contributed by atoms with Gasteiger partial charge in [-0.2, -0.15) is 0 Å². The van der Waals surface area contributed by atoms with Gasteiger partial charge in [0.2, 0.25) is 5.91 Å². The molecule has 2 rings (SSSR count). The van der Waals surface area contributed by atoms with E-state index in [4.69, 9.17) is 5.73 Å². The number of esters is 1. The van der Waals surface area contributed by atoms with E-state index in [9.17, 15) is 14.7 Å². The number of hydrogen-bond acceptors (Lipinski definition) is 5. The van der Waals surface area contributed by atoms with Crippen molar-refractivity contribution in [1.82, 2.24) is 4.90 Å². The van der Waals surface area contributed by atoms with Crippen LogP contribution in [0.1, 0.15) is 11.1 Å². The van der Waals surface area contributed by atoms with Gasteiger partial charge >= 0.3 is 5.97 Å². The molecule has 1 amide bonds. The summed E-state index contributed by atoms with van der Waals surface area (Å²) < 4.78 is 4.54. The first-order chi connectivity index (χ1) is 9.51. The van der Waals surface area contributed by atoms with Crippen LogP contribution in [0.25, 0.3) is 0 Å². The van der Waals surface area contributed by atoms with Gasteiger partial charge in [0.05, 0.1) is 7.11 Å². The largest absolute Gasteiger partial charge is 0.468 e. The van der Waals surface area contributed by atoms with Gasteiger partial charge in [-0.3, -0.25) is 14.5 Å². The molecule has 1 unspecified atom stereocenters. The zero-order valence-electron chi connectivity index (χ0n) is 11.1. The number of ether oxygens (including phenoxy) is 1. The van der Waals surface area contributed by atoms with Crippen molar-refractivity contribution >= 4 is 11.9 Å². The van der Waals surface area contributed by atoms with Crippen molar-refractivity contribution in [2.45, 2.75) is 12.3 Å². The van der Waals surface area contributed by atoms with Crippen LogP contribution >= 0.6 is 0 Å². The van der Waals surface area contributed by atoms with Crippen molar-refractivity contribution in [3.05, 3.63) is 47.5 Å². The molecular formula is C14H16N2O4. The monoisotopic (exact) mass is 276 g/mol. The first kappa shape index (κ1) is 14.2. The molecule has 0 aliphatic carbocycles. The van der Waals surface area contributed by atoms with Crippen molar-refractivity contribution in [3.8, 4) is 0 Å². The first-order valence-electron chi connectivity index (χ1n) is 6.11. The zero-order valence-corrected chi connectivity index (χ0v) is 11.1. The third-order valence-corrected chi connectivity index (χ3v) is 3.27. The Balaban J connectivity index is 2.32. The van der Waals surface area contributed by atoms with E-state index < -0.39 is 17.6 Å². The third-order valence-electron chi connectivity index (χ3n) is 3.27. The second-order valence-corrected chi connectivity index (χ2v) is 4.46. The minimum Gasteiger partial charge on any atom is -0.468 e. The van der Waals surface area contributed by atoms with Crippen LogP contribution in [0, 0.1) is 0 Å². The average Bonchev–Trinajstić information content (AvgIpc) is 2.76. The van der Waals surface area contributed by atoms with Crippen LogP contribution in [0.2, 0.25) is 0 Å². The number of rotatable bonds is 4. The van der Waals surface area contributed by atoms with Gasteiger partial charge in [-0.15, -0.1) is 0 Å². The quantitative estimate of drug-likeness (QED) is 0.747. The summed E-state index contributed by atoms with van der Waals surface area (Å²) >= 11 is 0. The molecule has 0 fully saturated rings. The lowest BCUT2D eigenvalue weighted by atomic mass is 10.0. The highest BCUT2D eigenvalue weighted by Crippen LogP contribution is 2.32. The van der Waals surface area contributed by atoms with Gasteiger partial charge in [0.25, 0.3) is 0 Å². The van der Waals surface area contributed by atoms with E-state index in [-0.39, 0.29) is 6.54 Å². The molecule has 106 valence electrons. The molecule has 20 heavy (non-hydrogen) atoms. The lowest BCUT2D eigenvalue weighted by Gasteiger charge is -2.32. The van der Waals surface area contributed by atoms with Crippen molar-refractivity contribution in [2.24, 2.45) is 5.73 Å². The maximum atomic E-state index is 11.8. The Morgan fingerprint density at radius 2 is 2.05 bits per heavy atom. The summed E-state index contributed by atoms with van der Waals surface area (Å²) in [5.74, 6) is -1.04. The van der Waals surface area contributed by atoms with Gasteiger partial charge in [-0.05, 0) is 11.6 Å². The molecule has 1 aromatic rings. The predicted molar refractivity (Wildman–Crippen MR) is 71.1 cm³/mol. The molecule has 0 radical (unpaired) electrons. The van der Waals surface area contributed by atoms with E-state index >= 15 is 0 Å². The molecule has 1 aliphatic heterocycles.